The van der Waals surface area contributed by atoms with Crippen molar-refractivity contribution in [3.8, 4) is 0 Å². The molecule has 0 aliphatic rings. The van der Waals surface area contributed by atoms with Crippen LogP contribution in [0.15, 0.2) is 18.2 Å². The molecule has 0 bridgehead atoms. The van der Waals surface area contributed by atoms with Gasteiger partial charge >= 0.3 is 6.09 Å². The van der Waals surface area contributed by atoms with E-state index in [-0.39, 0.29) is 13.1 Å². The van der Waals surface area contributed by atoms with E-state index in [1.807, 2.05) is 0 Å². The quantitative estimate of drug-likeness (QED) is 0.929. The molecule has 0 atom stereocenters. The minimum absolute atomic E-state index is 0.00225. The monoisotopic (exact) mass is 314 g/mol. The van der Waals surface area contributed by atoms with Gasteiger partial charge in [0.1, 0.15) is 22.9 Å². The molecule has 5 nitrogen and oxygen atoms in total. The molecule has 1 aromatic rings. The number of nitrogens with zero attached hydrogens (tertiary/aromatic N) is 1. The highest BCUT2D eigenvalue weighted by molar-refractivity contribution is 5.91. The Bertz CT molecular complexity index is 536. The summed E-state index contributed by atoms with van der Waals surface area (Å²) < 4.78 is 32.5. The van der Waals surface area contributed by atoms with Crippen LogP contribution < -0.4 is 10.2 Å². The zero-order valence-electron chi connectivity index (χ0n) is 13.1. The van der Waals surface area contributed by atoms with Gasteiger partial charge in [0.2, 0.25) is 5.91 Å². The Kier molecular flexibility index (Phi) is 5.84. The third kappa shape index (κ3) is 5.31. The first kappa shape index (κ1) is 17.9. The van der Waals surface area contributed by atoms with Crippen LogP contribution in [0.4, 0.5) is 19.3 Å². The molecule has 22 heavy (non-hydrogen) atoms. The van der Waals surface area contributed by atoms with E-state index in [9.17, 15) is 18.4 Å². The van der Waals surface area contributed by atoms with Gasteiger partial charge in [-0.25, -0.2) is 13.6 Å². The van der Waals surface area contributed by atoms with Crippen LogP contribution >= 0.6 is 0 Å². The Balaban J connectivity index is 2.71. The molecule has 122 valence electrons. The first-order chi connectivity index (χ1) is 10.1. The molecule has 0 unspecified atom stereocenters. The maximum Gasteiger partial charge on any atom is 0.407 e. The standard InChI is InChI=1S/C15H20F2N2O3/c1-10(20)19(13-11(16)6-5-7-12(13)17)9-8-18-14(21)22-15(2,3)4/h5-7H,8-9H2,1-4H3,(H,18,21). The maximum absolute atomic E-state index is 13.7. The third-order valence-electron chi connectivity index (χ3n) is 2.59. The lowest BCUT2D eigenvalue weighted by molar-refractivity contribution is -0.116. The van der Waals surface area contributed by atoms with Crippen molar-refractivity contribution >= 4 is 17.7 Å². The second-order valence-electron chi connectivity index (χ2n) is 5.67. The van der Waals surface area contributed by atoms with Crippen LogP contribution in [0.25, 0.3) is 0 Å². The summed E-state index contributed by atoms with van der Waals surface area (Å²) in [5.74, 6) is -2.21. The second-order valence-corrected chi connectivity index (χ2v) is 5.67. The number of amides is 2. The van der Waals surface area contributed by atoms with Gasteiger partial charge in [-0.2, -0.15) is 0 Å². The number of hydrogen-bond acceptors (Lipinski definition) is 3. The molecule has 7 heteroatoms. The molecule has 0 aliphatic carbocycles. The van der Waals surface area contributed by atoms with Gasteiger partial charge in [-0.1, -0.05) is 6.07 Å². The van der Waals surface area contributed by atoms with Crippen LogP contribution in [0, 0.1) is 11.6 Å². The zero-order chi connectivity index (χ0) is 16.9. The summed E-state index contributed by atoms with van der Waals surface area (Å²) in [6, 6.07) is 3.34. The van der Waals surface area contributed by atoms with Crippen molar-refractivity contribution < 1.29 is 23.1 Å². The van der Waals surface area contributed by atoms with E-state index >= 15 is 0 Å². The first-order valence-corrected chi connectivity index (χ1v) is 6.81. The normalized spacial score (nSPS) is 11.0. The number of anilines is 1. The van der Waals surface area contributed by atoms with Crippen molar-refractivity contribution in [1.29, 1.82) is 0 Å². The highest BCUT2D eigenvalue weighted by Gasteiger charge is 2.21. The lowest BCUT2D eigenvalue weighted by Crippen LogP contribution is -2.40. The molecule has 0 saturated heterocycles. The van der Waals surface area contributed by atoms with Crippen molar-refractivity contribution in [3.05, 3.63) is 29.8 Å². The number of benzene rings is 1. The lowest BCUT2D eigenvalue weighted by atomic mass is 10.2. The highest BCUT2D eigenvalue weighted by Crippen LogP contribution is 2.23. The summed E-state index contributed by atoms with van der Waals surface area (Å²) in [6.45, 7) is 6.25. The van der Waals surface area contributed by atoms with Gasteiger partial charge in [0, 0.05) is 20.0 Å². The molecule has 2 amide bonds. The molecule has 0 heterocycles. The number of hydrogen-bond donors (Lipinski definition) is 1. The minimum atomic E-state index is -0.840. The topological polar surface area (TPSA) is 58.6 Å². The number of carbonyl (C=O) groups is 2. The van der Waals surface area contributed by atoms with Gasteiger partial charge in [0.25, 0.3) is 0 Å². The fourth-order valence-corrected chi connectivity index (χ4v) is 1.76. The van der Waals surface area contributed by atoms with Gasteiger partial charge in [0.15, 0.2) is 0 Å². The molecule has 0 aliphatic heterocycles. The Morgan fingerprint density at radius 3 is 2.23 bits per heavy atom. The number of nitrogens with one attached hydrogen (secondary N) is 1. The van der Waals surface area contributed by atoms with Crippen molar-refractivity contribution in [3.63, 3.8) is 0 Å². The SMILES string of the molecule is CC(=O)N(CCNC(=O)OC(C)(C)C)c1c(F)cccc1F. The van der Waals surface area contributed by atoms with Gasteiger partial charge in [-0.05, 0) is 32.9 Å². The molecule has 1 rings (SSSR count). The number of rotatable bonds is 4. The summed E-state index contributed by atoms with van der Waals surface area (Å²) in [5, 5.41) is 2.43. The molecule has 0 spiro atoms. The summed E-state index contributed by atoms with van der Waals surface area (Å²) in [5.41, 5.74) is -1.08. The second kappa shape index (κ2) is 7.20. The van der Waals surface area contributed by atoms with Crippen LogP contribution in [-0.2, 0) is 9.53 Å². The number of alkyl carbamates (subject to hydrolysis) is 1. The Labute approximate surface area is 128 Å². The fraction of sp³-hybridized carbons (Fsp3) is 0.467. The van der Waals surface area contributed by atoms with Crippen LogP contribution in [-0.4, -0.2) is 30.7 Å². The third-order valence-corrected chi connectivity index (χ3v) is 2.59. The molecule has 0 saturated carbocycles. The number of ether oxygens (including phenoxy) is 1. The minimum Gasteiger partial charge on any atom is -0.444 e. The van der Waals surface area contributed by atoms with Gasteiger partial charge in [0.05, 0.1) is 0 Å². The van der Waals surface area contributed by atoms with Crippen LogP contribution in [0.3, 0.4) is 0 Å². The Morgan fingerprint density at radius 1 is 1.23 bits per heavy atom. The molecule has 0 aromatic heterocycles. The van der Waals surface area contributed by atoms with E-state index in [1.54, 1.807) is 20.8 Å². The van der Waals surface area contributed by atoms with E-state index in [4.69, 9.17) is 4.74 Å². The van der Waals surface area contributed by atoms with E-state index in [1.165, 1.54) is 13.0 Å². The molecule has 1 aromatic carbocycles. The summed E-state index contributed by atoms with van der Waals surface area (Å²) >= 11 is 0. The Morgan fingerprint density at radius 2 is 1.77 bits per heavy atom. The summed E-state index contributed by atoms with van der Waals surface area (Å²) in [6.07, 6.45) is -0.662. The predicted octanol–water partition coefficient (Wildman–Crippen LogP) is 2.84. The maximum atomic E-state index is 13.7. The smallest absolute Gasteiger partial charge is 0.407 e. The molecule has 1 N–H and O–H groups in total. The average Bonchev–Trinajstić information content (AvgIpc) is 2.34. The van der Waals surface area contributed by atoms with Crippen LogP contribution in [0.5, 0.6) is 0 Å². The van der Waals surface area contributed by atoms with Gasteiger partial charge in [-0.15, -0.1) is 0 Å². The molecular weight excluding hydrogens is 294 g/mol. The van der Waals surface area contributed by atoms with E-state index in [0.29, 0.717) is 0 Å². The molecular formula is C15H20F2N2O3. The molecule has 0 radical (unpaired) electrons. The highest BCUT2D eigenvalue weighted by atomic mass is 19.1. The van der Waals surface area contributed by atoms with Crippen LogP contribution in [0.1, 0.15) is 27.7 Å². The number of carbonyl (C=O) groups excluding carboxylic acids is 2. The summed E-state index contributed by atoms with van der Waals surface area (Å²) in [4.78, 5) is 24.0. The average molecular weight is 314 g/mol. The van der Waals surface area contributed by atoms with Gasteiger partial charge < -0.3 is 15.0 Å². The summed E-state index contributed by atoms with van der Waals surface area (Å²) in [7, 11) is 0. The number of halogens is 2. The van der Waals surface area contributed by atoms with Crippen molar-refractivity contribution in [1.82, 2.24) is 5.32 Å². The van der Waals surface area contributed by atoms with Crippen molar-refractivity contribution in [2.45, 2.75) is 33.3 Å². The van der Waals surface area contributed by atoms with Crippen molar-refractivity contribution in [2.24, 2.45) is 0 Å². The molecule has 0 fully saturated rings. The van der Waals surface area contributed by atoms with Crippen LogP contribution in [0.2, 0.25) is 0 Å². The van der Waals surface area contributed by atoms with Crippen molar-refractivity contribution in [2.75, 3.05) is 18.0 Å². The Hall–Kier alpha value is -2.18. The van der Waals surface area contributed by atoms with E-state index < -0.39 is 34.9 Å². The zero-order valence-corrected chi connectivity index (χ0v) is 13.1. The lowest BCUT2D eigenvalue weighted by Gasteiger charge is -2.23. The van der Waals surface area contributed by atoms with E-state index in [0.717, 1.165) is 17.0 Å². The van der Waals surface area contributed by atoms with E-state index in [2.05, 4.69) is 5.32 Å². The van der Waals surface area contributed by atoms with Gasteiger partial charge in [-0.3, -0.25) is 4.79 Å². The predicted molar refractivity (Wildman–Crippen MR) is 78.6 cm³/mol. The fourth-order valence-electron chi connectivity index (χ4n) is 1.76. The largest absolute Gasteiger partial charge is 0.444 e. The number of para-hydroxylation sites is 1. The first-order valence-electron chi connectivity index (χ1n) is 6.81.